The van der Waals surface area contributed by atoms with Crippen molar-refractivity contribution in [2.75, 3.05) is 5.32 Å². The molecule has 2 aromatic rings. The topological polar surface area (TPSA) is 54.9 Å². The van der Waals surface area contributed by atoms with Crippen molar-refractivity contribution in [3.63, 3.8) is 0 Å². The fourth-order valence-corrected chi connectivity index (χ4v) is 1.40. The minimum atomic E-state index is -0.684. The van der Waals surface area contributed by atoms with Crippen molar-refractivity contribution in [3.8, 4) is 0 Å². The minimum Gasteiger partial charge on any atom is -0.306 e. The van der Waals surface area contributed by atoms with Crippen LogP contribution in [0.3, 0.4) is 0 Å². The van der Waals surface area contributed by atoms with Gasteiger partial charge in [0.25, 0.3) is 5.91 Å². The van der Waals surface area contributed by atoms with Crippen LogP contribution in [0.2, 0.25) is 5.15 Å². The van der Waals surface area contributed by atoms with Crippen LogP contribution in [0, 0.1) is 11.6 Å². The van der Waals surface area contributed by atoms with Gasteiger partial charge >= 0.3 is 0 Å². The number of pyridine rings is 2. The van der Waals surface area contributed by atoms with Gasteiger partial charge < -0.3 is 5.32 Å². The van der Waals surface area contributed by atoms with Crippen LogP contribution in [0.15, 0.2) is 30.6 Å². The molecule has 1 N–H and O–H groups in total. The normalized spacial score (nSPS) is 10.2. The number of hydrogen-bond acceptors (Lipinski definition) is 3. The molecule has 0 aliphatic rings. The molecule has 0 bridgehead atoms. The number of nitrogens with one attached hydrogen (secondary N) is 1. The van der Waals surface area contributed by atoms with E-state index in [2.05, 4.69) is 15.3 Å². The Balaban J connectivity index is 2.21. The molecule has 18 heavy (non-hydrogen) atoms. The summed E-state index contributed by atoms with van der Waals surface area (Å²) in [6.45, 7) is 0. The maximum Gasteiger partial charge on any atom is 0.260 e. The van der Waals surface area contributed by atoms with Gasteiger partial charge in [-0.25, -0.2) is 18.7 Å². The summed E-state index contributed by atoms with van der Waals surface area (Å²) in [6, 6.07) is 3.36. The molecule has 0 aliphatic carbocycles. The van der Waals surface area contributed by atoms with Crippen molar-refractivity contribution in [2.24, 2.45) is 0 Å². The fraction of sp³-hybridized carbons (Fsp3) is 0. The Kier molecular flexibility index (Phi) is 3.47. The monoisotopic (exact) mass is 269 g/mol. The smallest absolute Gasteiger partial charge is 0.260 e. The summed E-state index contributed by atoms with van der Waals surface area (Å²) in [5.74, 6) is -1.76. The van der Waals surface area contributed by atoms with E-state index in [-0.39, 0.29) is 16.5 Å². The van der Waals surface area contributed by atoms with Crippen LogP contribution in [0.25, 0.3) is 0 Å². The van der Waals surface area contributed by atoms with E-state index in [1.807, 2.05) is 0 Å². The summed E-state index contributed by atoms with van der Waals surface area (Å²) >= 11 is 5.66. The summed E-state index contributed by atoms with van der Waals surface area (Å²) in [7, 11) is 0. The Bertz CT molecular complexity index is 589. The number of carbonyl (C=O) groups is 1. The molecule has 0 fully saturated rings. The number of rotatable bonds is 2. The number of anilines is 1. The van der Waals surface area contributed by atoms with Gasteiger partial charge in [0.05, 0.1) is 18.0 Å². The number of carbonyl (C=O) groups excluding carboxylic acids is 1. The molecule has 0 saturated heterocycles. The maximum absolute atomic E-state index is 12.9. The summed E-state index contributed by atoms with van der Waals surface area (Å²) in [5, 5.41) is 2.22. The lowest BCUT2D eigenvalue weighted by Crippen LogP contribution is -2.14. The van der Waals surface area contributed by atoms with E-state index < -0.39 is 17.5 Å². The third-order valence-corrected chi connectivity index (χ3v) is 2.32. The highest BCUT2D eigenvalue weighted by Crippen LogP contribution is 2.15. The molecule has 2 heterocycles. The first kappa shape index (κ1) is 12.4. The SMILES string of the molecule is O=C(Nc1ccc(F)cn1)c1cc(F)cnc1Cl. The number of hydrogen-bond donors (Lipinski definition) is 1. The maximum atomic E-state index is 12.9. The van der Waals surface area contributed by atoms with Gasteiger partial charge in [-0.3, -0.25) is 4.79 Å². The lowest BCUT2D eigenvalue weighted by Gasteiger charge is -2.05. The van der Waals surface area contributed by atoms with Crippen LogP contribution in [-0.4, -0.2) is 15.9 Å². The highest BCUT2D eigenvalue weighted by Gasteiger charge is 2.13. The molecule has 0 unspecified atom stereocenters. The molecule has 7 heteroatoms. The second-order valence-corrected chi connectivity index (χ2v) is 3.67. The number of amides is 1. The van der Waals surface area contributed by atoms with Crippen LogP contribution in [-0.2, 0) is 0 Å². The van der Waals surface area contributed by atoms with Gasteiger partial charge in [-0.05, 0) is 18.2 Å². The van der Waals surface area contributed by atoms with Crippen molar-refractivity contribution in [2.45, 2.75) is 0 Å². The Morgan fingerprint density at radius 1 is 1.17 bits per heavy atom. The molecule has 0 aliphatic heterocycles. The van der Waals surface area contributed by atoms with E-state index in [1.165, 1.54) is 6.07 Å². The van der Waals surface area contributed by atoms with E-state index in [9.17, 15) is 13.6 Å². The van der Waals surface area contributed by atoms with Crippen molar-refractivity contribution < 1.29 is 13.6 Å². The van der Waals surface area contributed by atoms with E-state index >= 15 is 0 Å². The predicted molar refractivity (Wildman–Crippen MR) is 61.4 cm³/mol. The lowest BCUT2D eigenvalue weighted by molar-refractivity contribution is 0.102. The van der Waals surface area contributed by atoms with Crippen molar-refractivity contribution >= 4 is 23.3 Å². The average molecular weight is 270 g/mol. The van der Waals surface area contributed by atoms with Gasteiger partial charge in [-0.2, -0.15) is 0 Å². The van der Waals surface area contributed by atoms with Crippen molar-refractivity contribution in [1.82, 2.24) is 9.97 Å². The van der Waals surface area contributed by atoms with Crippen molar-refractivity contribution in [1.29, 1.82) is 0 Å². The van der Waals surface area contributed by atoms with Crippen LogP contribution >= 0.6 is 11.6 Å². The summed E-state index contributed by atoms with van der Waals surface area (Å²) < 4.78 is 25.5. The van der Waals surface area contributed by atoms with Gasteiger partial charge in [0.15, 0.2) is 0 Å². The zero-order valence-corrected chi connectivity index (χ0v) is 9.58. The summed E-state index contributed by atoms with van der Waals surface area (Å²) in [4.78, 5) is 18.9. The standard InChI is InChI=1S/C11H6ClF2N3O/c12-10-8(3-7(14)5-16-10)11(18)17-9-2-1-6(13)4-15-9/h1-5H,(H,15,17,18). The zero-order chi connectivity index (χ0) is 13.1. The van der Waals surface area contributed by atoms with E-state index in [1.54, 1.807) is 0 Å². The lowest BCUT2D eigenvalue weighted by atomic mass is 10.2. The first-order chi connectivity index (χ1) is 8.56. The molecule has 0 spiro atoms. The molecular weight excluding hydrogens is 264 g/mol. The van der Waals surface area contributed by atoms with E-state index in [0.29, 0.717) is 0 Å². The van der Waals surface area contributed by atoms with E-state index in [4.69, 9.17) is 11.6 Å². The third-order valence-electron chi connectivity index (χ3n) is 2.02. The third kappa shape index (κ3) is 2.78. The first-order valence-corrected chi connectivity index (χ1v) is 5.18. The molecular formula is C11H6ClF2N3O. The van der Waals surface area contributed by atoms with Crippen LogP contribution in [0.1, 0.15) is 10.4 Å². The molecule has 2 rings (SSSR count). The summed E-state index contributed by atoms with van der Waals surface area (Å²) in [5.41, 5.74) is -0.122. The van der Waals surface area contributed by atoms with E-state index in [0.717, 1.165) is 24.5 Å². The van der Waals surface area contributed by atoms with Crippen LogP contribution in [0.5, 0.6) is 0 Å². The second-order valence-electron chi connectivity index (χ2n) is 3.31. The molecule has 4 nitrogen and oxygen atoms in total. The highest BCUT2D eigenvalue weighted by atomic mass is 35.5. The molecule has 0 aromatic carbocycles. The Hall–Kier alpha value is -2.08. The Morgan fingerprint density at radius 2 is 1.89 bits per heavy atom. The van der Waals surface area contributed by atoms with Gasteiger partial charge in [0, 0.05) is 0 Å². The van der Waals surface area contributed by atoms with Gasteiger partial charge in [0.2, 0.25) is 0 Å². The quantitative estimate of drug-likeness (QED) is 0.853. The number of halogens is 3. The first-order valence-electron chi connectivity index (χ1n) is 4.80. The molecule has 0 saturated carbocycles. The van der Waals surface area contributed by atoms with Gasteiger partial charge in [0.1, 0.15) is 22.6 Å². The fourth-order valence-electron chi connectivity index (χ4n) is 1.22. The van der Waals surface area contributed by atoms with Crippen LogP contribution in [0.4, 0.5) is 14.6 Å². The molecule has 1 amide bonds. The highest BCUT2D eigenvalue weighted by molar-refractivity contribution is 6.33. The van der Waals surface area contributed by atoms with Gasteiger partial charge in [-0.1, -0.05) is 11.6 Å². The minimum absolute atomic E-state index is 0.122. The average Bonchev–Trinajstić information content (AvgIpc) is 2.35. The molecule has 0 radical (unpaired) electrons. The Morgan fingerprint density at radius 3 is 2.56 bits per heavy atom. The second kappa shape index (κ2) is 5.05. The largest absolute Gasteiger partial charge is 0.306 e. The predicted octanol–water partition coefficient (Wildman–Crippen LogP) is 2.66. The zero-order valence-electron chi connectivity index (χ0n) is 8.82. The molecule has 92 valence electrons. The summed E-state index contributed by atoms with van der Waals surface area (Å²) in [6.07, 6.45) is 1.84. The number of aromatic nitrogens is 2. The molecule has 2 aromatic heterocycles. The van der Waals surface area contributed by atoms with Gasteiger partial charge in [-0.15, -0.1) is 0 Å². The van der Waals surface area contributed by atoms with Crippen molar-refractivity contribution in [3.05, 3.63) is 52.9 Å². The number of nitrogens with zero attached hydrogens (tertiary/aromatic N) is 2. The Labute approximate surface area is 106 Å². The van der Waals surface area contributed by atoms with Crippen LogP contribution < -0.4 is 5.32 Å². The molecule has 0 atom stereocenters.